The lowest BCUT2D eigenvalue weighted by molar-refractivity contribution is -0.130. The highest BCUT2D eigenvalue weighted by molar-refractivity contribution is 7.86. The van der Waals surface area contributed by atoms with Crippen LogP contribution in [0.15, 0.2) is 0 Å². The molecule has 4 unspecified atom stereocenters. The molecule has 0 radical (unpaired) electrons. The van der Waals surface area contributed by atoms with Crippen LogP contribution in [0.2, 0.25) is 0 Å². The standard InChI is InChI=1S/C9H16F3NO2S/c1-6-7(3-5-15-6)16(14)8(2-4-13)9(10,11)12/h6-8H,2-5,13H2,1H3. The summed E-state index contributed by atoms with van der Waals surface area (Å²) in [5, 5.41) is -2.36. The Balaban J connectivity index is 2.74. The summed E-state index contributed by atoms with van der Waals surface area (Å²) in [6, 6.07) is 0. The number of alkyl halides is 3. The van der Waals surface area contributed by atoms with Crippen molar-refractivity contribution in [1.82, 2.24) is 0 Å². The number of nitrogens with two attached hydrogens (primary N) is 1. The Hall–Kier alpha value is -0.140. The van der Waals surface area contributed by atoms with Gasteiger partial charge in [-0.1, -0.05) is 0 Å². The summed E-state index contributed by atoms with van der Waals surface area (Å²) in [4.78, 5) is 0. The lowest BCUT2D eigenvalue weighted by Crippen LogP contribution is -2.41. The minimum Gasteiger partial charge on any atom is -0.377 e. The minimum atomic E-state index is -4.45. The maximum Gasteiger partial charge on any atom is 0.403 e. The average molecular weight is 259 g/mol. The molecule has 1 fully saturated rings. The van der Waals surface area contributed by atoms with Crippen LogP contribution >= 0.6 is 0 Å². The quantitative estimate of drug-likeness (QED) is 0.825. The molecule has 0 aromatic carbocycles. The van der Waals surface area contributed by atoms with Crippen LogP contribution in [0, 0.1) is 0 Å². The van der Waals surface area contributed by atoms with Crippen LogP contribution in [0.4, 0.5) is 13.2 Å². The van der Waals surface area contributed by atoms with Crippen molar-refractivity contribution in [2.24, 2.45) is 5.73 Å². The minimum absolute atomic E-state index is 0.113. The summed E-state index contributed by atoms with van der Waals surface area (Å²) in [7, 11) is -1.96. The van der Waals surface area contributed by atoms with Crippen molar-refractivity contribution in [3.05, 3.63) is 0 Å². The van der Waals surface area contributed by atoms with Gasteiger partial charge in [-0.15, -0.1) is 0 Å². The number of rotatable bonds is 4. The Morgan fingerprint density at radius 2 is 2.19 bits per heavy atom. The number of hydrogen-bond acceptors (Lipinski definition) is 3. The van der Waals surface area contributed by atoms with E-state index < -0.39 is 27.5 Å². The van der Waals surface area contributed by atoms with E-state index in [1.807, 2.05) is 0 Å². The first-order valence-electron chi connectivity index (χ1n) is 5.15. The molecular weight excluding hydrogens is 243 g/mol. The summed E-state index contributed by atoms with van der Waals surface area (Å²) < 4.78 is 54.9. The third-order valence-electron chi connectivity index (χ3n) is 2.68. The first-order chi connectivity index (χ1) is 7.38. The van der Waals surface area contributed by atoms with E-state index in [-0.39, 0.29) is 19.1 Å². The molecular formula is C9H16F3NO2S. The lowest BCUT2D eigenvalue weighted by atomic mass is 10.2. The van der Waals surface area contributed by atoms with Gasteiger partial charge >= 0.3 is 6.18 Å². The van der Waals surface area contributed by atoms with Gasteiger partial charge < -0.3 is 10.5 Å². The molecule has 0 saturated carbocycles. The molecule has 7 heteroatoms. The van der Waals surface area contributed by atoms with Crippen LogP contribution in [0.1, 0.15) is 19.8 Å². The smallest absolute Gasteiger partial charge is 0.377 e. The summed E-state index contributed by atoms with van der Waals surface area (Å²) in [5.41, 5.74) is 5.13. The molecule has 1 saturated heterocycles. The van der Waals surface area contributed by atoms with Gasteiger partial charge in [0.15, 0.2) is 0 Å². The van der Waals surface area contributed by atoms with Crippen molar-refractivity contribution >= 4 is 10.8 Å². The summed E-state index contributed by atoms with van der Waals surface area (Å²) in [5.74, 6) is 0. The molecule has 2 N–H and O–H groups in total. The lowest BCUT2D eigenvalue weighted by Gasteiger charge is -2.23. The zero-order chi connectivity index (χ0) is 12.3. The summed E-state index contributed by atoms with van der Waals surface area (Å²) in [6.07, 6.45) is -4.69. The topological polar surface area (TPSA) is 52.3 Å². The Kier molecular flexibility index (Phi) is 4.75. The van der Waals surface area contributed by atoms with Crippen molar-refractivity contribution in [1.29, 1.82) is 0 Å². The van der Waals surface area contributed by atoms with Gasteiger partial charge in [-0.05, 0) is 26.3 Å². The molecule has 16 heavy (non-hydrogen) atoms. The fourth-order valence-electron chi connectivity index (χ4n) is 1.79. The second-order valence-corrected chi connectivity index (χ2v) is 5.67. The highest BCUT2D eigenvalue weighted by Crippen LogP contribution is 2.31. The molecule has 0 spiro atoms. The first-order valence-corrected chi connectivity index (χ1v) is 6.43. The van der Waals surface area contributed by atoms with Crippen molar-refractivity contribution in [2.75, 3.05) is 13.2 Å². The molecule has 0 aromatic rings. The second-order valence-electron chi connectivity index (χ2n) is 3.84. The molecule has 0 bridgehead atoms. The monoisotopic (exact) mass is 259 g/mol. The molecule has 4 atom stereocenters. The van der Waals surface area contributed by atoms with Crippen LogP contribution in [0.25, 0.3) is 0 Å². The second kappa shape index (κ2) is 5.46. The van der Waals surface area contributed by atoms with Crippen LogP contribution in [-0.4, -0.2) is 40.1 Å². The zero-order valence-corrected chi connectivity index (χ0v) is 9.81. The Morgan fingerprint density at radius 1 is 1.56 bits per heavy atom. The van der Waals surface area contributed by atoms with Gasteiger partial charge in [0.25, 0.3) is 0 Å². The Labute approximate surface area is 95.0 Å². The van der Waals surface area contributed by atoms with Crippen molar-refractivity contribution in [3.8, 4) is 0 Å². The van der Waals surface area contributed by atoms with Gasteiger partial charge in [0.1, 0.15) is 5.25 Å². The normalized spacial score (nSPS) is 30.3. The van der Waals surface area contributed by atoms with Crippen LogP contribution < -0.4 is 5.73 Å². The SMILES string of the molecule is CC1OCCC1S(=O)C(CCN)C(F)(F)F. The summed E-state index contributed by atoms with van der Waals surface area (Å²) >= 11 is 0. The highest BCUT2D eigenvalue weighted by atomic mass is 32.2. The number of ether oxygens (including phenoxy) is 1. The Bertz CT molecular complexity index is 260. The zero-order valence-electron chi connectivity index (χ0n) is 9.00. The van der Waals surface area contributed by atoms with E-state index in [4.69, 9.17) is 10.5 Å². The predicted molar refractivity (Wildman–Crippen MR) is 55.5 cm³/mol. The molecule has 0 amide bonds. The van der Waals surface area contributed by atoms with E-state index in [1.54, 1.807) is 6.92 Å². The molecule has 0 aromatic heterocycles. The van der Waals surface area contributed by atoms with Gasteiger partial charge in [-0.25, -0.2) is 0 Å². The molecule has 1 heterocycles. The molecule has 1 aliphatic rings. The highest BCUT2D eigenvalue weighted by Gasteiger charge is 2.47. The Morgan fingerprint density at radius 3 is 2.56 bits per heavy atom. The van der Waals surface area contributed by atoms with E-state index in [0.29, 0.717) is 13.0 Å². The van der Waals surface area contributed by atoms with Gasteiger partial charge in [0.2, 0.25) is 0 Å². The largest absolute Gasteiger partial charge is 0.403 e. The van der Waals surface area contributed by atoms with Gasteiger partial charge in [-0.2, -0.15) is 13.2 Å². The number of hydrogen-bond donors (Lipinski definition) is 1. The van der Waals surface area contributed by atoms with Crippen molar-refractivity contribution in [2.45, 2.75) is 42.5 Å². The van der Waals surface area contributed by atoms with Crippen molar-refractivity contribution in [3.63, 3.8) is 0 Å². The van der Waals surface area contributed by atoms with Gasteiger partial charge in [-0.3, -0.25) is 4.21 Å². The molecule has 0 aliphatic carbocycles. The predicted octanol–water partition coefficient (Wildman–Crippen LogP) is 1.19. The molecule has 96 valence electrons. The van der Waals surface area contributed by atoms with E-state index in [1.165, 1.54) is 0 Å². The first kappa shape index (κ1) is 13.9. The van der Waals surface area contributed by atoms with Gasteiger partial charge in [0.05, 0.1) is 11.4 Å². The average Bonchev–Trinajstić information content (AvgIpc) is 2.58. The van der Waals surface area contributed by atoms with Gasteiger partial charge in [0, 0.05) is 17.4 Å². The van der Waals surface area contributed by atoms with E-state index in [0.717, 1.165) is 0 Å². The maximum absolute atomic E-state index is 12.6. The summed E-state index contributed by atoms with van der Waals surface area (Å²) in [6.45, 7) is 1.92. The van der Waals surface area contributed by atoms with Crippen LogP contribution in [0.3, 0.4) is 0 Å². The number of halogens is 3. The third-order valence-corrected chi connectivity index (χ3v) is 4.96. The fourth-order valence-corrected chi connectivity index (χ4v) is 3.63. The third kappa shape index (κ3) is 3.18. The molecule has 3 nitrogen and oxygen atoms in total. The fraction of sp³-hybridized carbons (Fsp3) is 1.00. The van der Waals surface area contributed by atoms with E-state index in [2.05, 4.69) is 0 Å². The van der Waals surface area contributed by atoms with Crippen LogP contribution in [-0.2, 0) is 15.5 Å². The van der Waals surface area contributed by atoms with Crippen LogP contribution in [0.5, 0.6) is 0 Å². The van der Waals surface area contributed by atoms with Crippen molar-refractivity contribution < 1.29 is 22.1 Å². The van der Waals surface area contributed by atoms with E-state index >= 15 is 0 Å². The molecule has 1 rings (SSSR count). The maximum atomic E-state index is 12.6. The van der Waals surface area contributed by atoms with E-state index in [9.17, 15) is 17.4 Å². The molecule has 1 aliphatic heterocycles.